The van der Waals surface area contributed by atoms with E-state index in [1.807, 2.05) is 13.8 Å². The number of carbonyl (C=O) groups excluding carboxylic acids is 1. The lowest BCUT2D eigenvalue weighted by atomic mass is 10.1. The topological polar surface area (TPSA) is 79.4 Å². The van der Waals surface area contributed by atoms with E-state index < -0.39 is 5.54 Å². The molecule has 2 unspecified atom stereocenters. The first kappa shape index (κ1) is 15.7. The number of morpholine rings is 1. The maximum Gasteiger partial charge on any atom is 0.319 e. The second-order valence-electron chi connectivity index (χ2n) is 6.64. The fourth-order valence-electron chi connectivity index (χ4n) is 2.83. The second-order valence-corrected chi connectivity index (χ2v) is 6.64. The minimum atomic E-state index is -0.474. The van der Waals surface area contributed by atoms with E-state index in [2.05, 4.69) is 32.1 Å². The van der Waals surface area contributed by atoms with Gasteiger partial charge in [-0.25, -0.2) is 14.8 Å². The van der Waals surface area contributed by atoms with E-state index in [1.165, 1.54) is 0 Å². The standard InChI is InChI=1S/C16H23N5O2/c1-4-16(2,3)20-15(22)19-11-7-17-14(18-8-11)21-9-12-5-6-13(10-21)23-12/h4,7-8,12-13H,1,5-6,9-10H2,2-3H3,(H2,19,20,22). The number of carbonyl (C=O) groups is 1. The molecule has 2 aliphatic rings. The Balaban J connectivity index is 1.59. The Morgan fingerprint density at radius 2 is 1.96 bits per heavy atom. The molecule has 0 aliphatic carbocycles. The van der Waals surface area contributed by atoms with Gasteiger partial charge in [-0.3, -0.25) is 0 Å². The summed E-state index contributed by atoms with van der Waals surface area (Å²) < 4.78 is 5.81. The average Bonchev–Trinajstić information content (AvgIpc) is 2.85. The van der Waals surface area contributed by atoms with Crippen LogP contribution in [0.4, 0.5) is 16.4 Å². The van der Waals surface area contributed by atoms with Crippen molar-refractivity contribution in [2.75, 3.05) is 23.3 Å². The van der Waals surface area contributed by atoms with Crippen molar-refractivity contribution < 1.29 is 9.53 Å². The molecule has 1 aromatic heterocycles. The van der Waals surface area contributed by atoms with Crippen LogP contribution in [0.1, 0.15) is 26.7 Å². The number of ether oxygens (including phenoxy) is 1. The van der Waals surface area contributed by atoms with Gasteiger partial charge in [0.1, 0.15) is 0 Å². The molecule has 0 saturated carbocycles. The molecule has 2 bridgehead atoms. The van der Waals surface area contributed by atoms with Crippen molar-refractivity contribution in [2.45, 2.75) is 44.4 Å². The van der Waals surface area contributed by atoms with E-state index in [-0.39, 0.29) is 6.03 Å². The maximum absolute atomic E-state index is 11.9. The lowest BCUT2D eigenvalue weighted by Crippen LogP contribution is -2.44. The normalized spacial score (nSPS) is 23.5. The fourth-order valence-corrected chi connectivity index (χ4v) is 2.83. The molecule has 23 heavy (non-hydrogen) atoms. The Morgan fingerprint density at radius 1 is 1.35 bits per heavy atom. The van der Waals surface area contributed by atoms with Crippen molar-refractivity contribution in [1.82, 2.24) is 15.3 Å². The van der Waals surface area contributed by atoms with E-state index in [4.69, 9.17) is 4.74 Å². The number of nitrogens with zero attached hydrogens (tertiary/aromatic N) is 3. The molecule has 1 aromatic rings. The summed E-state index contributed by atoms with van der Waals surface area (Å²) in [6.07, 6.45) is 7.74. The van der Waals surface area contributed by atoms with Crippen LogP contribution in [-0.4, -0.2) is 46.8 Å². The lowest BCUT2D eigenvalue weighted by molar-refractivity contribution is 0.0299. The smallest absolute Gasteiger partial charge is 0.319 e. The first-order valence-corrected chi connectivity index (χ1v) is 7.90. The van der Waals surface area contributed by atoms with Gasteiger partial charge in [-0.2, -0.15) is 0 Å². The molecule has 3 rings (SSSR count). The van der Waals surface area contributed by atoms with Gasteiger partial charge >= 0.3 is 6.03 Å². The van der Waals surface area contributed by atoms with Crippen molar-refractivity contribution in [3.8, 4) is 0 Å². The number of rotatable bonds is 4. The van der Waals surface area contributed by atoms with E-state index in [0.717, 1.165) is 25.9 Å². The van der Waals surface area contributed by atoms with Crippen LogP contribution in [0.15, 0.2) is 25.0 Å². The van der Waals surface area contributed by atoms with E-state index in [1.54, 1.807) is 18.5 Å². The maximum atomic E-state index is 11.9. The molecule has 0 spiro atoms. The highest BCUT2D eigenvalue weighted by Gasteiger charge is 2.34. The number of urea groups is 1. The summed E-state index contributed by atoms with van der Waals surface area (Å²) in [4.78, 5) is 22.8. The summed E-state index contributed by atoms with van der Waals surface area (Å²) in [7, 11) is 0. The fraction of sp³-hybridized carbons (Fsp3) is 0.562. The molecule has 7 nitrogen and oxygen atoms in total. The Kier molecular flexibility index (Phi) is 4.21. The van der Waals surface area contributed by atoms with E-state index >= 15 is 0 Å². The van der Waals surface area contributed by atoms with Gasteiger partial charge in [0, 0.05) is 13.1 Å². The molecule has 2 atom stereocenters. The van der Waals surface area contributed by atoms with Crippen LogP contribution in [0.3, 0.4) is 0 Å². The van der Waals surface area contributed by atoms with Gasteiger partial charge in [0.25, 0.3) is 0 Å². The van der Waals surface area contributed by atoms with Crippen LogP contribution in [0.2, 0.25) is 0 Å². The number of aromatic nitrogens is 2. The molecule has 3 heterocycles. The molecular formula is C16H23N5O2. The zero-order chi connectivity index (χ0) is 16.4. The molecule has 0 radical (unpaired) electrons. The van der Waals surface area contributed by atoms with Crippen LogP contribution in [0.5, 0.6) is 0 Å². The van der Waals surface area contributed by atoms with Gasteiger partial charge in [-0.15, -0.1) is 6.58 Å². The monoisotopic (exact) mass is 317 g/mol. The summed E-state index contributed by atoms with van der Waals surface area (Å²) in [5.41, 5.74) is 0.0835. The zero-order valence-corrected chi connectivity index (χ0v) is 13.6. The number of fused-ring (bicyclic) bond motifs is 2. The quantitative estimate of drug-likeness (QED) is 0.830. The van der Waals surface area contributed by atoms with Crippen LogP contribution in [0.25, 0.3) is 0 Å². The summed E-state index contributed by atoms with van der Waals surface area (Å²) in [5, 5.41) is 5.53. The first-order valence-electron chi connectivity index (χ1n) is 7.90. The van der Waals surface area contributed by atoms with Crippen LogP contribution in [0, 0.1) is 0 Å². The lowest BCUT2D eigenvalue weighted by Gasteiger charge is -2.32. The van der Waals surface area contributed by atoms with Gasteiger partial charge in [-0.1, -0.05) is 6.08 Å². The van der Waals surface area contributed by atoms with Crippen LogP contribution >= 0.6 is 0 Å². The largest absolute Gasteiger partial charge is 0.371 e. The number of nitrogens with one attached hydrogen (secondary N) is 2. The summed E-state index contributed by atoms with van der Waals surface area (Å²) in [5.74, 6) is 0.683. The van der Waals surface area contributed by atoms with Gasteiger partial charge in [-0.05, 0) is 26.7 Å². The van der Waals surface area contributed by atoms with E-state index in [0.29, 0.717) is 23.8 Å². The number of hydrogen-bond acceptors (Lipinski definition) is 5. The zero-order valence-electron chi connectivity index (χ0n) is 13.6. The SMILES string of the molecule is C=CC(C)(C)NC(=O)Nc1cnc(N2CC3CCC(C2)O3)nc1. The molecular weight excluding hydrogens is 294 g/mol. The van der Waals surface area contributed by atoms with Crippen molar-refractivity contribution in [3.05, 3.63) is 25.0 Å². The average molecular weight is 317 g/mol. The molecule has 2 amide bonds. The molecule has 2 aliphatic heterocycles. The minimum Gasteiger partial charge on any atom is -0.371 e. The second kappa shape index (κ2) is 6.16. The van der Waals surface area contributed by atoms with Gasteiger partial charge in [0.05, 0.1) is 35.8 Å². The summed E-state index contributed by atoms with van der Waals surface area (Å²) in [6, 6.07) is -0.310. The van der Waals surface area contributed by atoms with Crippen molar-refractivity contribution >= 4 is 17.7 Å². The number of amides is 2. The van der Waals surface area contributed by atoms with E-state index in [9.17, 15) is 4.79 Å². The van der Waals surface area contributed by atoms with Gasteiger partial charge < -0.3 is 20.3 Å². The molecule has 7 heteroatoms. The Bertz CT molecular complexity index is 575. The van der Waals surface area contributed by atoms with Crippen molar-refractivity contribution in [1.29, 1.82) is 0 Å². The molecule has 2 saturated heterocycles. The Labute approximate surface area is 136 Å². The molecule has 0 aromatic carbocycles. The molecule has 2 fully saturated rings. The third kappa shape index (κ3) is 3.79. The highest BCUT2D eigenvalue weighted by atomic mass is 16.5. The molecule has 2 N–H and O–H groups in total. The number of anilines is 2. The number of hydrogen-bond donors (Lipinski definition) is 2. The van der Waals surface area contributed by atoms with Crippen LogP contribution in [-0.2, 0) is 4.74 Å². The Morgan fingerprint density at radius 3 is 2.52 bits per heavy atom. The third-order valence-corrected chi connectivity index (χ3v) is 4.17. The predicted octanol–water partition coefficient (Wildman–Crippen LogP) is 1.93. The van der Waals surface area contributed by atoms with Crippen molar-refractivity contribution in [2.24, 2.45) is 0 Å². The minimum absolute atomic E-state index is 0.294. The van der Waals surface area contributed by atoms with Crippen LogP contribution < -0.4 is 15.5 Å². The first-order chi connectivity index (χ1) is 10.9. The van der Waals surface area contributed by atoms with Crippen molar-refractivity contribution in [3.63, 3.8) is 0 Å². The van der Waals surface area contributed by atoms with Gasteiger partial charge in [0.15, 0.2) is 0 Å². The third-order valence-electron chi connectivity index (χ3n) is 4.17. The predicted molar refractivity (Wildman–Crippen MR) is 88.6 cm³/mol. The highest BCUT2D eigenvalue weighted by Crippen LogP contribution is 2.28. The Hall–Kier alpha value is -2.15. The summed E-state index contributed by atoms with van der Waals surface area (Å²) >= 11 is 0. The highest BCUT2D eigenvalue weighted by molar-refractivity contribution is 5.89. The summed E-state index contributed by atoms with van der Waals surface area (Å²) in [6.45, 7) is 9.09. The van der Waals surface area contributed by atoms with Gasteiger partial charge in [0.2, 0.25) is 5.95 Å². The molecule has 124 valence electrons.